The van der Waals surface area contributed by atoms with E-state index in [0.29, 0.717) is 18.1 Å². The number of fused-ring (bicyclic) bond motifs is 1. The number of nitrogens with zero attached hydrogens (tertiary/aromatic N) is 2. The van der Waals surface area contributed by atoms with Gasteiger partial charge < -0.3 is 14.8 Å². The third kappa shape index (κ3) is 3.70. The third-order valence-corrected chi connectivity index (χ3v) is 3.44. The van der Waals surface area contributed by atoms with Gasteiger partial charge in [-0.05, 0) is 26.0 Å². The summed E-state index contributed by atoms with van der Waals surface area (Å²) in [7, 11) is 1.75. The standard InChI is InChI=1S/C15H22N4O4/c1-4-22-12(20)8-9-15(14(21)23-5-2)17-11-7-6-10-16-13(11)19(3)18-15/h6-7,10,17-18H,4-5,8-9H2,1-3H3. The third-order valence-electron chi connectivity index (χ3n) is 3.44. The van der Waals surface area contributed by atoms with Crippen LogP contribution in [0.5, 0.6) is 0 Å². The first-order chi connectivity index (χ1) is 11.0. The quantitative estimate of drug-likeness (QED) is 0.751. The lowest BCUT2D eigenvalue weighted by atomic mass is 10.0. The molecule has 0 saturated heterocycles. The van der Waals surface area contributed by atoms with Crippen LogP contribution >= 0.6 is 0 Å². The largest absolute Gasteiger partial charge is 0.466 e. The molecular weight excluding hydrogens is 300 g/mol. The normalized spacial score (nSPS) is 19.5. The molecule has 1 aromatic heterocycles. The SMILES string of the molecule is CCOC(=O)CCC1(C(=O)OCC)Nc2cccnc2N(C)N1. The fraction of sp³-hybridized carbons (Fsp3) is 0.533. The molecule has 1 atom stereocenters. The molecule has 1 aromatic rings. The molecule has 2 heterocycles. The average Bonchev–Trinajstić information content (AvgIpc) is 2.53. The van der Waals surface area contributed by atoms with Crippen molar-refractivity contribution in [3.8, 4) is 0 Å². The fourth-order valence-electron chi connectivity index (χ4n) is 2.45. The van der Waals surface area contributed by atoms with Crippen molar-refractivity contribution < 1.29 is 19.1 Å². The minimum Gasteiger partial charge on any atom is -0.466 e. The molecule has 0 radical (unpaired) electrons. The van der Waals surface area contributed by atoms with Gasteiger partial charge in [0.15, 0.2) is 5.82 Å². The van der Waals surface area contributed by atoms with Crippen molar-refractivity contribution >= 4 is 23.4 Å². The first-order valence-corrected chi connectivity index (χ1v) is 7.60. The molecule has 1 unspecified atom stereocenters. The van der Waals surface area contributed by atoms with E-state index in [2.05, 4.69) is 15.7 Å². The Morgan fingerprint density at radius 2 is 2.04 bits per heavy atom. The second kappa shape index (κ2) is 7.28. The molecule has 1 aliphatic rings. The van der Waals surface area contributed by atoms with Gasteiger partial charge in [-0.15, -0.1) is 0 Å². The minimum absolute atomic E-state index is 0.0795. The maximum Gasteiger partial charge on any atom is 0.348 e. The maximum absolute atomic E-state index is 12.5. The van der Waals surface area contributed by atoms with Crippen molar-refractivity contribution in [2.75, 3.05) is 30.6 Å². The van der Waals surface area contributed by atoms with Crippen LogP contribution in [0.4, 0.5) is 11.5 Å². The molecule has 126 valence electrons. The van der Waals surface area contributed by atoms with E-state index in [1.807, 2.05) is 6.07 Å². The molecular formula is C15H22N4O4. The summed E-state index contributed by atoms with van der Waals surface area (Å²) in [6, 6.07) is 3.59. The Bertz CT molecular complexity index is 580. The highest BCUT2D eigenvalue weighted by atomic mass is 16.5. The number of nitrogens with one attached hydrogen (secondary N) is 2. The van der Waals surface area contributed by atoms with Crippen LogP contribution in [0.25, 0.3) is 0 Å². The van der Waals surface area contributed by atoms with Crippen LogP contribution in [-0.2, 0) is 19.1 Å². The van der Waals surface area contributed by atoms with Crippen molar-refractivity contribution in [1.29, 1.82) is 0 Å². The average molecular weight is 322 g/mol. The van der Waals surface area contributed by atoms with E-state index in [1.54, 1.807) is 38.2 Å². The van der Waals surface area contributed by atoms with Gasteiger partial charge >= 0.3 is 11.9 Å². The molecule has 0 aromatic carbocycles. The summed E-state index contributed by atoms with van der Waals surface area (Å²) >= 11 is 0. The second-order valence-electron chi connectivity index (χ2n) is 5.10. The lowest BCUT2D eigenvalue weighted by Crippen LogP contribution is -2.66. The van der Waals surface area contributed by atoms with Gasteiger partial charge in [0.25, 0.3) is 0 Å². The Kier molecular flexibility index (Phi) is 5.38. The lowest BCUT2D eigenvalue weighted by molar-refractivity contribution is -0.151. The number of pyridine rings is 1. The van der Waals surface area contributed by atoms with Crippen molar-refractivity contribution in [2.24, 2.45) is 0 Å². The smallest absolute Gasteiger partial charge is 0.348 e. The number of hydrazine groups is 1. The van der Waals surface area contributed by atoms with Crippen molar-refractivity contribution in [2.45, 2.75) is 32.4 Å². The molecule has 1 aliphatic heterocycles. The number of aromatic nitrogens is 1. The Morgan fingerprint density at radius 3 is 2.74 bits per heavy atom. The predicted molar refractivity (Wildman–Crippen MR) is 84.6 cm³/mol. The van der Waals surface area contributed by atoms with Crippen LogP contribution < -0.4 is 15.8 Å². The van der Waals surface area contributed by atoms with E-state index < -0.39 is 11.6 Å². The molecule has 8 heteroatoms. The van der Waals surface area contributed by atoms with E-state index in [0.717, 1.165) is 0 Å². The zero-order chi connectivity index (χ0) is 16.9. The Balaban J connectivity index is 2.25. The Labute approximate surface area is 135 Å². The van der Waals surface area contributed by atoms with E-state index in [9.17, 15) is 9.59 Å². The van der Waals surface area contributed by atoms with Crippen LogP contribution in [0.1, 0.15) is 26.7 Å². The van der Waals surface area contributed by atoms with Crippen molar-refractivity contribution in [3.05, 3.63) is 18.3 Å². The molecule has 8 nitrogen and oxygen atoms in total. The molecule has 23 heavy (non-hydrogen) atoms. The molecule has 0 bridgehead atoms. The maximum atomic E-state index is 12.5. The summed E-state index contributed by atoms with van der Waals surface area (Å²) in [5.74, 6) is -0.186. The topological polar surface area (TPSA) is 92.8 Å². The van der Waals surface area contributed by atoms with Crippen LogP contribution in [0.3, 0.4) is 0 Å². The van der Waals surface area contributed by atoms with Crippen LogP contribution in [0, 0.1) is 0 Å². The molecule has 2 rings (SSSR count). The molecule has 0 fully saturated rings. The monoisotopic (exact) mass is 322 g/mol. The van der Waals surface area contributed by atoms with Crippen LogP contribution in [-0.4, -0.2) is 42.8 Å². The first-order valence-electron chi connectivity index (χ1n) is 7.60. The van der Waals surface area contributed by atoms with E-state index in [4.69, 9.17) is 9.47 Å². The summed E-state index contributed by atoms with van der Waals surface area (Å²) in [6.45, 7) is 4.02. The molecule has 0 spiro atoms. The zero-order valence-corrected chi connectivity index (χ0v) is 13.6. The lowest BCUT2D eigenvalue weighted by Gasteiger charge is -2.42. The zero-order valence-electron chi connectivity index (χ0n) is 13.6. The van der Waals surface area contributed by atoms with E-state index in [1.165, 1.54) is 0 Å². The second-order valence-corrected chi connectivity index (χ2v) is 5.10. The number of hydrogen-bond donors (Lipinski definition) is 2. The van der Waals surface area contributed by atoms with Gasteiger partial charge in [0.05, 0.1) is 18.9 Å². The van der Waals surface area contributed by atoms with Crippen molar-refractivity contribution in [3.63, 3.8) is 0 Å². The highest BCUT2D eigenvalue weighted by molar-refractivity contribution is 5.88. The van der Waals surface area contributed by atoms with Gasteiger partial charge in [-0.25, -0.2) is 9.78 Å². The van der Waals surface area contributed by atoms with E-state index in [-0.39, 0.29) is 25.4 Å². The summed E-state index contributed by atoms with van der Waals surface area (Å²) < 4.78 is 10.1. The minimum atomic E-state index is -1.24. The number of carbonyl (C=O) groups is 2. The molecule has 0 aliphatic carbocycles. The predicted octanol–water partition coefficient (Wildman–Crippen LogP) is 1.05. The molecule has 0 saturated carbocycles. The number of anilines is 2. The summed E-state index contributed by atoms with van der Waals surface area (Å²) in [5, 5.41) is 4.77. The van der Waals surface area contributed by atoms with Crippen LogP contribution in [0.2, 0.25) is 0 Å². The van der Waals surface area contributed by atoms with Gasteiger partial charge in [-0.1, -0.05) is 0 Å². The Hall–Kier alpha value is -2.35. The van der Waals surface area contributed by atoms with Gasteiger partial charge in [0, 0.05) is 26.1 Å². The number of hydrogen-bond acceptors (Lipinski definition) is 8. The van der Waals surface area contributed by atoms with Gasteiger partial charge in [-0.2, -0.15) is 5.43 Å². The first kappa shape index (κ1) is 17.0. The molecule has 0 amide bonds. The fourth-order valence-corrected chi connectivity index (χ4v) is 2.45. The Morgan fingerprint density at radius 1 is 1.30 bits per heavy atom. The highest BCUT2D eigenvalue weighted by Gasteiger charge is 2.45. The van der Waals surface area contributed by atoms with Gasteiger partial charge in [-0.3, -0.25) is 9.80 Å². The summed E-state index contributed by atoms with van der Waals surface area (Å²) in [6.07, 6.45) is 1.92. The number of carbonyl (C=O) groups excluding carboxylic acids is 2. The summed E-state index contributed by atoms with van der Waals surface area (Å²) in [5.41, 5.74) is 2.49. The van der Waals surface area contributed by atoms with Crippen LogP contribution in [0.15, 0.2) is 18.3 Å². The van der Waals surface area contributed by atoms with Gasteiger partial charge in [0.2, 0.25) is 5.66 Å². The van der Waals surface area contributed by atoms with Gasteiger partial charge in [0.1, 0.15) is 0 Å². The molecule has 2 N–H and O–H groups in total. The summed E-state index contributed by atoms with van der Waals surface area (Å²) in [4.78, 5) is 28.4. The van der Waals surface area contributed by atoms with Crippen molar-refractivity contribution in [1.82, 2.24) is 10.4 Å². The highest BCUT2D eigenvalue weighted by Crippen LogP contribution is 2.31. The van der Waals surface area contributed by atoms with E-state index >= 15 is 0 Å². The number of ether oxygens (including phenoxy) is 2. The number of rotatable bonds is 6. The number of esters is 2.